The summed E-state index contributed by atoms with van der Waals surface area (Å²) in [5, 5.41) is 0. The molecule has 0 spiro atoms. The molecule has 0 N–H and O–H groups in total. The van der Waals surface area contributed by atoms with Crippen LogP contribution in [-0.4, -0.2) is 0 Å². The van der Waals surface area contributed by atoms with Crippen molar-refractivity contribution < 1.29 is 0 Å². The van der Waals surface area contributed by atoms with Crippen molar-refractivity contribution in [3.63, 3.8) is 0 Å². The molecule has 1 aliphatic carbocycles. The molecule has 0 saturated heterocycles. The summed E-state index contributed by atoms with van der Waals surface area (Å²) in [4.78, 5) is 2.39. The maximum Gasteiger partial charge on any atom is 0.0122 e. The quantitative estimate of drug-likeness (QED) is 0.509. The molecule has 0 nitrogen and oxygen atoms in total. The minimum Gasteiger partial charge on any atom is -0.0990 e. The Balaban J connectivity index is 2.06. The van der Waals surface area contributed by atoms with E-state index in [1.165, 1.54) is 23.3 Å². The SMILES string of the molecule is C=C/C=C(\C=C)Sc1ccc(C2CC2)cc1. The molecule has 82 valence electrons. The Morgan fingerprint density at radius 2 is 1.88 bits per heavy atom. The summed E-state index contributed by atoms with van der Waals surface area (Å²) in [6.07, 6.45) is 8.36. The third-order valence-electron chi connectivity index (χ3n) is 2.65. The van der Waals surface area contributed by atoms with Crippen molar-refractivity contribution >= 4 is 11.8 Å². The van der Waals surface area contributed by atoms with Crippen molar-refractivity contribution in [2.45, 2.75) is 23.7 Å². The monoisotopic (exact) mass is 228 g/mol. The van der Waals surface area contributed by atoms with E-state index in [0.29, 0.717) is 0 Å². The molecule has 0 radical (unpaired) electrons. The smallest absolute Gasteiger partial charge is 0.0122 e. The number of benzene rings is 1. The molecule has 1 aromatic rings. The zero-order valence-corrected chi connectivity index (χ0v) is 10.2. The molecule has 0 amide bonds. The summed E-state index contributed by atoms with van der Waals surface area (Å²) in [5.41, 5.74) is 1.48. The lowest BCUT2D eigenvalue weighted by Crippen LogP contribution is -1.79. The van der Waals surface area contributed by atoms with Crippen LogP contribution < -0.4 is 0 Å². The predicted octanol–water partition coefficient (Wildman–Crippen LogP) is 4.91. The van der Waals surface area contributed by atoms with Gasteiger partial charge in [-0.05, 0) is 42.5 Å². The zero-order chi connectivity index (χ0) is 11.4. The molecule has 1 heteroatoms. The van der Waals surface area contributed by atoms with Gasteiger partial charge < -0.3 is 0 Å². The first-order chi connectivity index (χ1) is 7.83. The molecule has 0 unspecified atom stereocenters. The van der Waals surface area contributed by atoms with Crippen LogP contribution in [0.15, 0.2) is 65.5 Å². The van der Waals surface area contributed by atoms with Crippen LogP contribution in [0.4, 0.5) is 0 Å². The Kier molecular flexibility index (Phi) is 3.68. The van der Waals surface area contributed by atoms with Gasteiger partial charge in [0, 0.05) is 9.80 Å². The van der Waals surface area contributed by atoms with Crippen LogP contribution in [0.1, 0.15) is 24.3 Å². The lowest BCUT2D eigenvalue weighted by Gasteiger charge is -2.03. The van der Waals surface area contributed by atoms with Gasteiger partial charge in [-0.1, -0.05) is 49.2 Å². The van der Waals surface area contributed by atoms with Crippen LogP contribution in [-0.2, 0) is 0 Å². The highest BCUT2D eigenvalue weighted by Gasteiger charge is 2.22. The van der Waals surface area contributed by atoms with E-state index in [2.05, 4.69) is 37.4 Å². The van der Waals surface area contributed by atoms with Crippen molar-refractivity contribution in [1.82, 2.24) is 0 Å². The molecule has 0 atom stereocenters. The Hall–Kier alpha value is -1.21. The van der Waals surface area contributed by atoms with Crippen molar-refractivity contribution in [3.05, 3.63) is 66.1 Å². The molecule has 1 aromatic carbocycles. The Morgan fingerprint density at radius 1 is 1.19 bits per heavy atom. The lowest BCUT2D eigenvalue weighted by molar-refractivity contribution is 1.12. The van der Waals surface area contributed by atoms with Crippen LogP contribution in [0.2, 0.25) is 0 Å². The van der Waals surface area contributed by atoms with E-state index < -0.39 is 0 Å². The fourth-order valence-corrected chi connectivity index (χ4v) is 2.41. The normalized spacial score (nSPS) is 15.9. The maximum atomic E-state index is 3.79. The third-order valence-corrected chi connectivity index (χ3v) is 3.69. The van der Waals surface area contributed by atoms with Gasteiger partial charge in [0.1, 0.15) is 0 Å². The maximum absolute atomic E-state index is 3.79. The summed E-state index contributed by atoms with van der Waals surface area (Å²) in [7, 11) is 0. The highest BCUT2D eigenvalue weighted by Crippen LogP contribution is 2.40. The summed E-state index contributed by atoms with van der Waals surface area (Å²) in [6.45, 7) is 7.49. The van der Waals surface area contributed by atoms with Crippen LogP contribution in [0, 0.1) is 0 Å². The van der Waals surface area contributed by atoms with E-state index in [9.17, 15) is 0 Å². The van der Waals surface area contributed by atoms with E-state index in [-0.39, 0.29) is 0 Å². The Labute approximate surface area is 102 Å². The molecule has 0 aromatic heterocycles. The van der Waals surface area contributed by atoms with Gasteiger partial charge in [-0.25, -0.2) is 0 Å². The summed E-state index contributed by atoms with van der Waals surface area (Å²) < 4.78 is 0. The summed E-state index contributed by atoms with van der Waals surface area (Å²) in [5.74, 6) is 0.835. The van der Waals surface area contributed by atoms with E-state index in [0.717, 1.165) is 10.8 Å². The third kappa shape index (κ3) is 2.89. The van der Waals surface area contributed by atoms with E-state index in [1.54, 1.807) is 17.8 Å². The van der Waals surface area contributed by atoms with Crippen LogP contribution in [0.5, 0.6) is 0 Å². The largest absolute Gasteiger partial charge is 0.0990 e. The van der Waals surface area contributed by atoms with Gasteiger partial charge in [-0.15, -0.1) is 0 Å². The molecular formula is C15H16S. The van der Waals surface area contributed by atoms with Crippen molar-refractivity contribution in [2.75, 3.05) is 0 Å². The van der Waals surface area contributed by atoms with E-state index in [4.69, 9.17) is 0 Å². The van der Waals surface area contributed by atoms with Crippen molar-refractivity contribution in [2.24, 2.45) is 0 Å². The van der Waals surface area contributed by atoms with Crippen molar-refractivity contribution in [3.8, 4) is 0 Å². The average Bonchev–Trinajstić information content (AvgIpc) is 3.13. The summed E-state index contributed by atoms with van der Waals surface area (Å²) >= 11 is 1.73. The number of rotatable bonds is 5. The number of hydrogen-bond donors (Lipinski definition) is 0. The van der Waals surface area contributed by atoms with E-state index >= 15 is 0 Å². The first kappa shape index (κ1) is 11.3. The molecular weight excluding hydrogens is 212 g/mol. The minimum absolute atomic E-state index is 0.835. The lowest BCUT2D eigenvalue weighted by atomic mass is 10.1. The predicted molar refractivity (Wildman–Crippen MR) is 72.8 cm³/mol. The molecule has 1 saturated carbocycles. The van der Waals surface area contributed by atoms with Gasteiger partial charge in [0.2, 0.25) is 0 Å². The fraction of sp³-hybridized carbons (Fsp3) is 0.200. The van der Waals surface area contributed by atoms with Gasteiger partial charge in [0.15, 0.2) is 0 Å². The van der Waals surface area contributed by atoms with Crippen LogP contribution in [0.25, 0.3) is 0 Å². The Morgan fingerprint density at radius 3 is 2.38 bits per heavy atom. The van der Waals surface area contributed by atoms with Crippen LogP contribution >= 0.6 is 11.8 Å². The first-order valence-electron chi connectivity index (χ1n) is 5.56. The van der Waals surface area contributed by atoms with Gasteiger partial charge in [-0.2, -0.15) is 0 Å². The Bertz CT molecular complexity index is 408. The number of thioether (sulfide) groups is 1. The van der Waals surface area contributed by atoms with Crippen molar-refractivity contribution in [1.29, 1.82) is 0 Å². The molecule has 0 aliphatic heterocycles. The number of allylic oxidation sites excluding steroid dienone is 3. The second-order valence-corrected chi connectivity index (χ2v) is 5.10. The fourth-order valence-electron chi connectivity index (χ4n) is 1.62. The topological polar surface area (TPSA) is 0 Å². The second-order valence-electron chi connectivity index (χ2n) is 3.95. The highest BCUT2D eigenvalue weighted by molar-refractivity contribution is 8.03. The molecule has 1 fully saturated rings. The molecule has 0 heterocycles. The molecule has 0 bridgehead atoms. The zero-order valence-electron chi connectivity index (χ0n) is 9.36. The number of hydrogen-bond acceptors (Lipinski definition) is 1. The minimum atomic E-state index is 0.835. The standard InChI is InChI=1S/C15H16S/c1-3-5-14(4-2)16-15-10-8-13(9-11-15)12-6-7-12/h3-5,8-12H,1-2,6-7H2/b14-5+. The van der Waals surface area contributed by atoms with Gasteiger partial charge in [-0.3, -0.25) is 0 Å². The molecule has 1 aliphatic rings. The van der Waals surface area contributed by atoms with E-state index in [1.807, 2.05) is 12.2 Å². The average molecular weight is 228 g/mol. The van der Waals surface area contributed by atoms with Crippen LogP contribution in [0.3, 0.4) is 0 Å². The molecule has 2 rings (SSSR count). The van der Waals surface area contributed by atoms with Gasteiger partial charge in [0.05, 0.1) is 0 Å². The second kappa shape index (κ2) is 5.22. The molecule has 16 heavy (non-hydrogen) atoms. The summed E-state index contributed by atoms with van der Waals surface area (Å²) in [6, 6.07) is 8.88. The van der Waals surface area contributed by atoms with Gasteiger partial charge in [0.25, 0.3) is 0 Å². The first-order valence-corrected chi connectivity index (χ1v) is 6.38. The highest BCUT2D eigenvalue weighted by atomic mass is 32.2. The van der Waals surface area contributed by atoms with Gasteiger partial charge >= 0.3 is 0 Å².